The number of carbonyl (C=O) groups excluding carboxylic acids is 1. The lowest BCUT2D eigenvalue weighted by Crippen LogP contribution is -2.22. The van der Waals surface area contributed by atoms with E-state index in [9.17, 15) is 13.2 Å². The van der Waals surface area contributed by atoms with Crippen molar-refractivity contribution in [3.63, 3.8) is 0 Å². The summed E-state index contributed by atoms with van der Waals surface area (Å²) in [5.41, 5.74) is 1.75. The number of aryl methyl sites for hydroxylation is 1. The highest BCUT2D eigenvalue weighted by Crippen LogP contribution is 2.19. The molecule has 0 aromatic heterocycles. The Balaban J connectivity index is 2.21. The summed E-state index contributed by atoms with van der Waals surface area (Å²) < 4.78 is 31.7. The fraction of sp³-hybridized carbons (Fsp3) is 0.235. The smallest absolute Gasteiger partial charge is 0.338 e. The third-order valence-corrected chi connectivity index (χ3v) is 5.83. The summed E-state index contributed by atoms with van der Waals surface area (Å²) >= 11 is 3.34. The topological polar surface area (TPSA) is 63.7 Å². The summed E-state index contributed by atoms with van der Waals surface area (Å²) in [4.78, 5) is 12.4. The van der Waals surface area contributed by atoms with Crippen molar-refractivity contribution >= 4 is 31.9 Å². The number of esters is 1. The second-order valence-corrected chi connectivity index (χ2v) is 8.53. The standard InChI is InChI=1S/C17H18BrNO4S/c1-12-4-9-15(24(21,22)19(2)3)10-16(12)17(20)23-11-13-5-7-14(18)8-6-13/h4-10H,11H2,1-3H3. The Morgan fingerprint density at radius 3 is 2.33 bits per heavy atom. The van der Waals surface area contributed by atoms with Crippen molar-refractivity contribution in [2.45, 2.75) is 18.4 Å². The monoisotopic (exact) mass is 411 g/mol. The van der Waals surface area contributed by atoms with Crippen molar-refractivity contribution in [1.29, 1.82) is 0 Å². The van der Waals surface area contributed by atoms with Crippen LogP contribution in [0.1, 0.15) is 21.5 Å². The van der Waals surface area contributed by atoms with Crippen LogP contribution in [0.25, 0.3) is 0 Å². The van der Waals surface area contributed by atoms with Crippen LogP contribution in [0.2, 0.25) is 0 Å². The highest BCUT2D eigenvalue weighted by molar-refractivity contribution is 9.10. The van der Waals surface area contributed by atoms with E-state index < -0.39 is 16.0 Å². The number of hydrogen-bond donors (Lipinski definition) is 0. The Labute approximate surface area is 150 Å². The predicted octanol–water partition coefficient (Wildman–Crippen LogP) is 3.36. The fourth-order valence-electron chi connectivity index (χ4n) is 2.00. The van der Waals surface area contributed by atoms with Gasteiger partial charge in [-0.15, -0.1) is 0 Å². The molecule has 5 nitrogen and oxygen atoms in total. The summed E-state index contributed by atoms with van der Waals surface area (Å²) in [5.74, 6) is -0.550. The molecule has 0 aliphatic rings. The zero-order valence-electron chi connectivity index (χ0n) is 13.6. The molecule has 7 heteroatoms. The number of halogens is 1. The summed E-state index contributed by atoms with van der Waals surface area (Å²) in [7, 11) is -0.711. The quantitative estimate of drug-likeness (QED) is 0.707. The molecule has 0 saturated carbocycles. The molecular weight excluding hydrogens is 394 g/mol. The molecule has 0 fully saturated rings. The zero-order chi connectivity index (χ0) is 17.9. The Kier molecular flexibility index (Phi) is 5.79. The Bertz CT molecular complexity index is 845. The molecule has 0 atom stereocenters. The van der Waals surface area contributed by atoms with Gasteiger partial charge in [0.15, 0.2) is 0 Å². The highest BCUT2D eigenvalue weighted by atomic mass is 79.9. The SMILES string of the molecule is Cc1ccc(S(=O)(=O)N(C)C)cc1C(=O)OCc1ccc(Br)cc1. The Morgan fingerprint density at radius 2 is 1.75 bits per heavy atom. The number of ether oxygens (including phenoxy) is 1. The van der Waals surface area contributed by atoms with Crippen LogP contribution >= 0.6 is 15.9 Å². The average Bonchev–Trinajstić information content (AvgIpc) is 2.54. The van der Waals surface area contributed by atoms with Crippen molar-refractivity contribution < 1.29 is 17.9 Å². The molecule has 0 bridgehead atoms. The van der Waals surface area contributed by atoms with E-state index in [0.29, 0.717) is 5.56 Å². The van der Waals surface area contributed by atoms with Gasteiger partial charge in [-0.05, 0) is 42.3 Å². The van der Waals surface area contributed by atoms with Gasteiger partial charge in [0, 0.05) is 18.6 Å². The van der Waals surface area contributed by atoms with Crippen LogP contribution in [0.3, 0.4) is 0 Å². The maximum atomic E-state index is 12.3. The minimum atomic E-state index is -3.60. The molecule has 2 aromatic rings. The molecule has 2 aromatic carbocycles. The molecule has 0 amide bonds. The van der Waals surface area contributed by atoms with Crippen LogP contribution in [0.5, 0.6) is 0 Å². The van der Waals surface area contributed by atoms with Crippen LogP contribution in [0, 0.1) is 6.92 Å². The van der Waals surface area contributed by atoms with Gasteiger partial charge in [-0.25, -0.2) is 17.5 Å². The second-order valence-electron chi connectivity index (χ2n) is 5.47. The normalized spacial score (nSPS) is 11.5. The molecule has 0 aliphatic carbocycles. The molecule has 0 heterocycles. The second kappa shape index (κ2) is 7.46. The summed E-state index contributed by atoms with van der Waals surface area (Å²) in [5, 5.41) is 0. The van der Waals surface area contributed by atoms with E-state index in [1.54, 1.807) is 13.0 Å². The van der Waals surface area contributed by atoms with Gasteiger partial charge >= 0.3 is 5.97 Å². The lowest BCUT2D eigenvalue weighted by Gasteiger charge is -2.13. The third-order valence-electron chi connectivity index (χ3n) is 3.49. The molecule has 0 saturated heterocycles. The van der Waals surface area contributed by atoms with Crippen LogP contribution < -0.4 is 0 Å². The van der Waals surface area contributed by atoms with Crippen molar-refractivity contribution in [3.05, 3.63) is 63.6 Å². The van der Waals surface area contributed by atoms with Crippen LogP contribution in [-0.4, -0.2) is 32.8 Å². The Hall–Kier alpha value is -1.70. The molecule has 0 unspecified atom stereocenters. The van der Waals surface area contributed by atoms with E-state index in [1.807, 2.05) is 24.3 Å². The summed E-state index contributed by atoms with van der Waals surface area (Å²) in [6.07, 6.45) is 0. The lowest BCUT2D eigenvalue weighted by molar-refractivity contribution is 0.0471. The first-order valence-corrected chi connectivity index (χ1v) is 9.40. The Morgan fingerprint density at radius 1 is 1.12 bits per heavy atom. The summed E-state index contributed by atoms with van der Waals surface area (Å²) in [6.45, 7) is 1.86. The summed E-state index contributed by atoms with van der Waals surface area (Å²) in [6, 6.07) is 11.9. The van der Waals surface area contributed by atoms with Crippen molar-refractivity contribution in [3.8, 4) is 0 Å². The third kappa shape index (κ3) is 4.23. The van der Waals surface area contributed by atoms with E-state index >= 15 is 0 Å². The largest absolute Gasteiger partial charge is 0.457 e. The average molecular weight is 412 g/mol. The van der Waals surface area contributed by atoms with Crippen LogP contribution in [0.4, 0.5) is 0 Å². The van der Waals surface area contributed by atoms with Gasteiger partial charge in [-0.2, -0.15) is 0 Å². The van der Waals surface area contributed by atoms with Gasteiger partial charge in [-0.1, -0.05) is 34.1 Å². The number of carbonyl (C=O) groups is 1. The maximum absolute atomic E-state index is 12.3. The van der Waals surface area contributed by atoms with E-state index in [0.717, 1.165) is 14.3 Å². The van der Waals surface area contributed by atoms with Crippen LogP contribution in [0.15, 0.2) is 51.8 Å². The molecule has 0 radical (unpaired) electrons. The molecule has 0 N–H and O–H groups in total. The number of sulfonamides is 1. The number of nitrogens with zero attached hydrogens (tertiary/aromatic N) is 1. The first-order chi connectivity index (χ1) is 11.2. The fourth-order valence-corrected chi connectivity index (χ4v) is 3.19. The number of benzene rings is 2. The van der Waals surface area contributed by atoms with Gasteiger partial charge in [0.05, 0.1) is 10.5 Å². The van der Waals surface area contributed by atoms with Crippen molar-refractivity contribution in [1.82, 2.24) is 4.31 Å². The molecular formula is C17H18BrNO4S. The van der Waals surface area contributed by atoms with Crippen molar-refractivity contribution in [2.75, 3.05) is 14.1 Å². The number of hydrogen-bond acceptors (Lipinski definition) is 4. The van der Waals surface area contributed by atoms with E-state index in [2.05, 4.69) is 15.9 Å². The first-order valence-electron chi connectivity index (χ1n) is 7.16. The minimum absolute atomic E-state index is 0.0636. The van der Waals surface area contributed by atoms with E-state index in [-0.39, 0.29) is 17.1 Å². The minimum Gasteiger partial charge on any atom is -0.457 e. The van der Waals surface area contributed by atoms with Gasteiger partial charge in [0.2, 0.25) is 10.0 Å². The first kappa shape index (κ1) is 18.6. The molecule has 24 heavy (non-hydrogen) atoms. The van der Waals surface area contributed by atoms with Gasteiger partial charge < -0.3 is 4.74 Å². The highest BCUT2D eigenvalue weighted by Gasteiger charge is 2.20. The lowest BCUT2D eigenvalue weighted by atomic mass is 10.1. The van der Waals surface area contributed by atoms with Crippen molar-refractivity contribution in [2.24, 2.45) is 0 Å². The van der Waals surface area contributed by atoms with E-state index in [1.165, 1.54) is 26.2 Å². The van der Waals surface area contributed by atoms with E-state index in [4.69, 9.17) is 4.74 Å². The number of rotatable bonds is 5. The molecule has 128 valence electrons. The molecule has 0 spiro atoms. The zero-order valence-corrected chi connectivity index (χ0v) is 16.0. The maximum Gasteiger partial charge on any atom is 0.338 e. The van der Waals surface area contributed by atoms with Crippen LogP contribution in [-0.2, 0) is 21.4 Å². The van der Waals surface area contributed by atoms with Gasteiger partial charge in [-0.3, -0.25) is 0 Å². The molecule has 2 rings (SSSR count). The molecule has 0 aliphatic heterocycles. The van der Waals surface area contributed by atoms with Gasteiger partial charge in [0.1, 0.15) is 6.61 Å². The predicted molar refractivity (Wildman–Crippen MR) is 95.3 cm³/mol. The van der Waals surface area contributed by atoms with Gasteiger partial charge in [0.25, 0.3) is 0 Å².